The van der Waals surface area contributed by atoms with Crippen molar-refractivity contribution in [2.45, 2.75) is 57.8 Å². The van der Waals surface area contributed by atoms with Crippen LogP contribution in [-0.2, 0) is 9.09 Å². The number of hydrogen-bond acceptors (Lipinski definition) is 3. The standard InChI is InChI=1S/C10H23O4PS/c1-3-4-5-6-7-8-9-16-10(2)14-15(11,12)13/h10H,3-9H2,1-2H3,(H2,11,12,13). The van der Waals surface area contributed by atoms with Gasteiger partial charge in [0.05, 0.1) is 0 Å². The third-order valence-electron chi connectivity index (χ3n) is 2.14. The fourth-order valence-electron chi connectivity index (χ4n) is 1.36. The summed E-state index contributed by atoms with van der Waals surface area (Å²) in [5, 5.41) is 0. The summed E-state index contributed by atoms with van der Waals surface area (Å²) in [6.07, 6.45) is 7.36. The van der Waals surface area contributed by atoms with Crippen molar-refractivity contribution in [2.24, 2.45) is 0 Å². The molecule has 2 N–H and O–H groups in total. The van der Waals surface area contributed by atoms with Gasteiger partial charge in [0.1, 0.15) is 5.44 Å². The molecule has 16 heavy (non-hydrogen) atoms. The van der Waals surface area contributed by atoms with E-state index in [1.165, 1.54) is 43.9 Å². The minimum Gasteiger partial charge on any atom is -0.303 e. The second-order valence-electron chi connectivity index (χ2n) is 3.80. The fourth-order valence-corrected chi connectivity index (χ4v) is 3.02. The average molecular weight is 270 g/mol. The summed E-state index contributed by atoms with van der Waals surface area (Å²) in [6.45, 7) is 3.86. The predicted octanol–water partition coefficient (Wildman–Crippen LogP) is 3.54. The largest absolute Gasteiger partial charge is 0.470 e. The van der Waals surface area contributed by atoms with E-state index in [0.717, 1.165) is 12.2 Å². The molecule has 98 valence electrons. The van der Waals surface area contributed by atoms with E-state index < -0.39 is 13.3 Å². The molecule has 6 heteroatoms. The first-order chi connectivity index (χ1) is 7.45. The molecular formula is C10H23O4PS. The smallest absolute Gasteiger partial charge is 0.303 e. The molecular weight excluding hydrogens is 247 g/mol. The summed E-state index contributed by atoms with van der Waals surface area (Å²) in [5.74, 6) is 0.896. The van der Waals surface area contributed by atoms with E-state index >= 15 is 0 Å². The van der Waals surface area contributed by atoms with Crippen molar-refractivity contribution in [1.82, 2.24) is 0 Å². The molecule has 0 heterocycles. The SMILES string of the molecule is CCCCCCCCSC(C)OP(=O)(O)O. The Morgan fingerprint density at radius 2 is 1.75 bits per heavy atom. The Bertz CT molecular complexity index is 207. The lowest BCUT2D eigenvalue weighted by atomic mass is 10.1. The fraction of sp³-hybridized carbons (Fsp3) is 1.00. The zero-order chi connectivity index (χ0) is 12.4. The van der Waals surface area contributed by atoms with Crippen LogP contribution in [0.1, 0.15) is 52.4 Å². The van der Waals surface area contributed by atoms with Gasteiger partial charge in [-0.1, -0.05) is 39.0 Å². The summed E-state index contributed by atoms with van der Waals surface area (Å²) in [7, 11) is -4.31. The lowest BCUT2D eigenvalue weighted by molar-refractivity contribution is 0.191. The Morgan fingerprint density at radius 1 is 1.19 bits per heavy atom. The molecule has 0 aromatic heterocycles. The van der Waals surface area contributed by atoms with Crippen LogP contribution in [0, 0.1) is 0 Å². The van der Waals surface area contributed by atoms with Gasteiger partial charge in [-0.25, -0.2) is 4.57 Å². The van der Waals surface area contributed by atoms with Gasteiger partial charge < -0.3 is 9.79 Å². The topological polar surface area (TPSA) is 66.8 Å². The maximum atomic E-state index is 10.5. The third kappa shape index (κ3) is 12.5. The minimum absolute atomic E-state index is 0.434. The first-order valence-corrected chi connectivity index (χ1v) is 8.39. The molecule has 1 unspecified atom stereocenters. The highest BCUT2D eigenvalue weighted by atomic mass is 32.2. The van der Waals surface area contributed by atoms with Crippen LogP contribution in [0.5, 0.6) is 0 Å². The molecule has 0 aromatic carbocycles. The van der Waals surface area contributed by atoms with Gasteiger partial charge in [-0.05, 0) is 19.1 Å². The third-order valence-corrected chi connectivity index (χ3v) is 3.96. The van der Waals surface area contributed by atoms with Gasteiger partial charge in [-0.15, -0.1) is 11.8 Å². The average Bonchev–Trinajstić information content (AvgIpc) is 2.13. The second kappa shape index (κ2) is 9.49. The molecule has 0 saturated heterocycles. The van der Waals surface area contributed by atoms with Crippen LogP contribution in [0.25, 0.3) is 0 Å². The van der Waals surface area contributed by atoms with Crippen LogP contribution in [-0.4, -0.2) is 21.0 Å². The van der Waals surface area contributed by atoms with Crippen LogP contribution in [0.15, 0.2) is 0 Å². The van der Waals surface area contributed by atoms with Crippen LogP contribution < -0.4 is 0 Å². The number of unbranched alkanes of at least 4 members (excludes halogenated alkanes) is 5. The summed E-state index contributed by atoms with van der Waals surface area (Å²) < 4.78 is 15.0. The molecule has 0 fully saturated rings. The molecule has 0 aliphatic rings. The van der Waals surface area contributed by atoms with Crippen molar-refractivity contribution >= 4 is 19.6 Å². The summed E-state index contributed by atoms with van der Waals surface area (Å²) in [5.41, 5.74) is -0.434. The van der Waals surface area contributed by atoms with Crippen LogP contribution in [0.4, 0.5) is 0 Å². The molecule has 0 spiro atoms. The predicted molar refractivity (Wildman–Crippen MR) is 68.4 cm³/mol. The molecule has 0 radical (unpaired) electrons. The molecule has 0 amide bonds. The minimum atomic E-state index is -4.31. The summed E-state index contributed by atoms with van der Waals surface area (Å²) in [4.78, 5) is 17.1. The zero-order valence-electron chi connectivity index (χ0n) is 10.1. The van der Waals surface area contributed by atoms with E-state index in [0.29, 0.717) is 0 Å². The number of hydrogen-bond donors (Lipinski definition) is 2. The first kappa shape index (κ1) is 16.5. The van der Waals surface area contributed by atoms with E-state index in [1.54, 1.807) is 6.92 Å². The van der Waals surface area contributed by atoms with Crippen molar-refractivity contribution in [1.29, 1.82) is 0 Å². The van der Waals surface area contributed by atoms with Crippen molar-refractivity contribution in [2.75, 3.05) is 5.75 Å². The second-order valence-corrected chi connectivity index (χ2v) is 6.40. The highest BCUT2D eigenvalue weighted by Gasteiger charge is 2.18. The summed E-state index contributed by atoms with van der Waals surface area (Å²) >= 11 is 1.45. The Morgan fingerprint density at radius 3 is 2.31 bits per heavy atom. The van der Waals surface area contributed by atoms with Crippen molar-refractivity contribution in [3.05, 3.63) is 0 Å². The Kier molecular flexibility index (Phi) is 9.76. The van der Waals surface area contributed by atoms with Gasteiger partial charge in [0.15, 0.2) is 0 Å². The van der Waals surface area contributed by atoms with Gasteiger partial charge in [0.2, 0.25) is 0 Å². The van der Waals surface area contributed by atoms with Gasteiger partial charge in [0.25, 0.3) is 0 Å². The molecule has 0 aliphatic carbocycles. The summed E-state index contributed by atoms with van der Waals surface area (Å²) in [6, 6.07) is 0. The Balaban J connectivity index is 3.28. The molecule has 0 saturated carbocycles. The Labute approximate surface area is 102 Å². The first-order valence-electron chi connectivity index (χ1n) is 5.81. The lowest BCUT2D eigenvalue weighted by Crippen LogP contribution is -2.02. The van der Waals surface area contributed by atoms with Gasteiger partial charge in [-0.3, -0.25) is 4.52 Å². The van der Waals surface area contributed by atoms with Gasteiger partial charge in [-0.2, -0.15) is 0 Å². The van der Waals surface area contributed by atoms with Gasteiger partial charge in [0, 0.05) is 0 Å². The van der Waals surface area contributed by atoms with E-state index in [-0.39, 0.29) is 0 Å². The van der Waals surface area contributed by atoms with E-state index in [9.17, 15) is 4.57 Å². The van der Waals surface area contributed by atoms with Crippen molar-refractivity contribution < 1.29 is 18.9 Å². The van der Waals surface area contributed by atoms with Crippen LogP contribution >= 0.6 is 19.6 Å². The molecule has 0 aromatic rings. The molecule has 0 rings (SSSR count). The molecule has 0 bridgehead atoms. The highest BCUT2D eigenvalue weighted by Crippen LogP contribution is 2.40. The zero-order valence-corrected chi connectivity index (χ0v) is 11.8. The molecule has 1 atom stereocenters. The normalized spacial score (nSPS) is 14.0. The van der Waals surface area contributed by atoms with Crippen LogP contribution in [0.2, 0.25) is 0 Å². The maximum absolute atomic E-state index is 10.5. The number of rotatable bonds is 10. The monoisotopic (exact) mass is 270 g/mol. The number of phosphoric ester groups is 1. The number of phosphoric acid groups is 1. The van der Waals surface area contributed by atoms with E-state index in [4.69, 9.17) is 9.79 Å². The van der Waals surface area contributed by atoms with Gasteiger partial charge >= 0.3 is 7.82 Å². The van der Waals surface area contributed by atoms with Crippen molar-refractivity contribution in [3.63, 3.8) is 0 Å². The quantitative estimate of drug-likeness (QED) is 0.361. The van der Waals surface area contributed by atoms with E-state index in [2.05, 4.69) is 11.4 Å². The van der Waals surface area contributed by atoms with Crippen LogP contribution in [0.3, 0.4) is 0 Å². The maximum Gasteiger partial charge on any atom is 0.470 e. The van der Waals surface area contributed by atoms with Crippen molar-refractivity contribution in [3.8, 4) is 0 Å². The highest BCUT2D eigenvalue weighted by molar-refractivity contribution is 7.99. The van der Waals surface area contributed by atoms with E-state index in [1.807, 2.05) is 0 Å². The lowest BCUT2D eigenvalue weighted by Gasteiger charge is -2.12. The molecule has 4 nitrogen and oxygen atoms in total. The Hall–Kier alpha value is 0.460. The molecule has 0 aliphatic heterocycles. The number of thioether (sulfide) groups is 1.